The van der Waals surface area contributed by atoms with E-state index in [9.17, 15) is 5.26 Å². The van der Waals surface area contributed by atoms with E-state index in [1.165, 1.54) is 20.2 Å². The minimum Gasteiger partial charge on any atom is -0.454 e. The molecular weight excluding hydrogens is 671 g/mol. The minimum atomic E-state index is 0.409. The van der Waals surface area contributed by atoms with Gasteiger partial charge < -0.3 is 8.98 Å². The van der Waals surface area contributed by atoms with Crippen LogP contribution in [0.15, 0.2) is 156 Å². The van der Waals surface area contributed by atoms with Crippen LogP contribution in [0.1, 0.15) is 5.56 Å². The van der Waals surface area contributed by atoms with Gasteiger partial charge in [0.15, 0.2) is 23.1 Å². The van der Waals surface area contributed by atoms with Crippen LogP contribution in [0.5, 0.6) is 0 Å². The van der Waals surface area contributed by atoms with Crippen molar-refractivity contribution in [3.8, 4) is 45.9 Å². The molecule has 0 amide bonds. The lowest BCUT2D eigenvalue weighted by Gasteiger charge is -2.14. The lowest BCUT2D eigenvalue weighted by Crippen LogP contribution is -2.03. The molecule has 53 heavy (non-hydrogen) atoms. The van der Waals surface area contributed by atoms with Gasteiger partial charge in [0.05, 0.1) is 33.1 Å². The summed E-state index contributed by atoms with van der Waals surface area (Å²) < 4.78 is 11.6. The normalized spacial score (nSPS) is 11.8. The van der Waals surface area contributed by atoms with Gasteiger partial charge in [-0.25, -0.2) is 15.0 Å². The van der Waals surface area contributed by atoms with Crippen molar-refractivity contribution >= 4 is 75.3 Å². The summed E-state index contributed by atoms with van der Waals surface area (Å²) in [5.74, 6) is 1.46. The molecule has 0 fully saturated rings. The molecule has 0 aliphatic heterocycles. The standard InChI is InChI=1S/C46H25N5OS/c47-26-29-25-36(51-35-20-10-7-17-30(35)32-23-24-33-31-18-9-12-22-38(31)53-43(33)41(32)51)42-40(34-19-8-11-21-37(34)52-42)39(29)46-49-44(27-13-3-1-4-14-27)48-45(50-46)28-15-5-2-6-16-28/h1-25H. The smallest absolute Gasteiger partial charge is 0.166 e. The van der Waals surface area contributed by atoms with Gasteiger partial charge >= 0.3 is 0 Å². The molecule has 0 unspecified atom stereocenters. The zero-order chi connectivity index (χ0) is 35.0. The summed E-state index contributed by atoms with van der Waals surface area (Å²) in [6, 6.07) is 53.8. The Morgan fingerprint density at radius 2 is 1.17 bits per heavy atom. The number of aromatic nitrogens is 4. The maximum atomic E-state index is 11.1. The first-order valence-corrected chi connectivity index (χ1v) is 18.2. The summed E-state index contributed by atoms with van der Waals surface area (Å²) in [4.78, 5) is 15.1. The van der Waals surface area contributed by atoms with Gasteiger partial charge in [0.1, 0.15) is 5.58 Å². The molecule has 7 aromatic carbocycles. The molecule has 0 saturated carbocycles. The molecule has 6 nitrogen and oxygen atoms in total. The van der Waals surface area contributed by atoms with Crippen LogP contribution in [0.4, 0.5) is 0 Å². The van der Waals surface area contributed by atoms with E-state index in [-0.39, 0.29) is 0 Å². The monoisotopic (exact) mass is 695 g/mol. The molecule has 0 radical (unpaired) electrons. The molecule has 0 spiro atoms. The van der Waals surface area contributed by atoms with Crippen molar-refractivity contribution in [1.82, 2.24) is 19.5 Å². The van der Waals surface area contributed by atoms with Crippen molar-refractivity contribution in [3.63, 3.8) is 0 Å². The molecule has 7 heteroatoms. The highest BCUT2D eigenvalue weighted by molar-refractivity contribution is 7.26. The van der Waals surface area contributed by atoms with Gasteiger partial charge in [-0.1, -0.05) is 127 Å². The van der Waals surface area contributed by atoms with E-state index in [1.807, 2.05) is 91.0 Å². The van der Waals surface area contributed by atoms with Crippen LogP contribution in [0, 0.1) is 11.3 Å². The maximum absolute atomic E-state index is 11.1. The summed E-state index contributed by atoms with van der Waals surface area (Å²) >= 11 is 1.79. The Kier molecular flexibility index (Phi) is 6.38. The average molecular weight is 696 g/mol. The highest BCUT2D eigenvalue weighted by Gasteiger charge is 2.27. The molecule has 0 atom stereocenters. The van der Waals surface area contributed by atoms with E-state index in [0.29, 0.717) is 39.8 Å². The van der Waals surface area contributed by atoms with E-state index in [1.54, 1.807) is 11.3 Å². The fourth-order valence-electron chi connectivity index (χ4n) is 7.77. The molecule has 0 bridgehead atoms. The number of hydrogen-bond donors (Lipinski definition) is 0. The lowest BCUT2D eigenvalue weighted by atomic mass is 9.98. The summed E-state index contributed by atoms with van der Waals surface area (Å²) in [6.07, 6.45) is 0. The predicted molar refractivity (Wildman–Crippen MR) is 215 cm³/mol. The van der Waals surface area contributed by atoms with Crippen molar-refractivity contribution in [2.45, 2.75) is 0 Å². The summed E-state index contributed by atoms with van der Waals surface area (Å²) in [7, 11) is 0. The molecule has 0 aliphatic carbocycles. The van der Waals surface area contributed by atoms with Gasteiger partial charge in [-0.3, -0.25) is 0 Å². The number of para-hydroxylation sites is 2. The van der Waals surface area contributed by atoms with Crippen LogP contribution in [-0.2, 0) is 0 Å². The number of thiophene rings is 1. The predicted octanol–water partition coefficient (Wildman–Crippen LogP) is 12.1. The lowest BCUT2D eigenvalue weighted by molar-refractivity contribution is 0.666. The molecule has 0 saturated heterocycles. The molecule has 0 aliphatic rings. The van der Waals surface area contributed by atoms with Gasteiger partial charge in [0, 0.05) is 53.7 Å². The van der Waals surface area contributed by atoms with Crippen molar-refractivity contribution in [2.24, 2.45) is 0 Å². The average Bonchev–Trinajstić information content (AvgIpc) is 3.91. The van der Waals surface area contributed by atoms with Gasteiger partial charge in [-0.2, -0.15) is 5.26 Å². The zero-order valence-corrected chi connectivity index (χ0v) is 28.8. The first-order valence-electron chi connectivity index (χ1n) is 17.3. The minimum absolute atomic E-state index is 0.409. The Hall–Kier alpha value is -7.14. The Morgan fingerprint density at radius 3 is 1.91 bits per heavy atom. The number of furan rings is 1. The molecular formula is C46H25N5OS. The molecule has 11 aromatic rings. The third-order valence-electron chi connectivity index (χ3n) is 10.1. The van der Waals surface area contributed by atoms with Crippen LogP contribution in [0.2, 0.25) is 0 Å². The zero-order valence-electron chi connectivity index (χ0n) is 28.0. The van der Waals surface area contributed by atoms with Gasteiger partial charge in [0.25, 0.3) is 0 Å². The van der Waals surface area contributed by atoms with Crippen LogP contribution < -0.4 is 0 Å². The van der Waals surface area contributed by atoms with Crippen LogP contribution in [0.25, 0.3) is 104 Å². The highest BCUT2D eigenvalue weighted by Crippen LogP contribution is 2.47. The Balaban J connectivity index is 1.29. The van der Waals surface area contributed by atoms with E-state index >= 15 is 0 Å². The van der Waals surface area contributed by atoms with E-state index < -0.39 is 0 Å². The van der Waals surface area contributed by atoms with E-state index in [4.69, 9.17) is 19.4 Å². The van der Waals surface area contributed by atoms with E-state index in [0.717, 1.165) is 49.4 Å². The first-order chi connectivity index (χ1) is 26.2. The number of fused-ring (bicyclic) bond motifs is 10. The molecule has 0 N–H and O–H groups in total. The second kappa shape index (κ2) is 11.4. The van der Waals surface area contributed by atoms with Gasteiger partial charge in [-0.05, 0) is 24.3 Å². The fraction of sp³-hybridized carbons (Fsp3) is 0. The highest BCUT2D eigenvalue weighted by atomic mass is 32.1. The van der Waals surface area contributed by atoms with Crippen LogP contribution in [0.3, 0.4) is 0 Å². The quantitative estimate of drug-likeness (QED) is 0.183. The van der Waals surface area contributed by atoms with Gasteiger partial charge in [-0.15, -0.1) is 11.3 Å². The third-order valence-corrected chi connectivity index (χ3v) is 11.3. The Labute approximate surface area is 306 Å². The van der Waals surface area contributed by atoms with Crippen molar-refractivity contribution in [1.29, 1.82) is 5.26 Å². The van der Waals surface area contributed by atoms with Crippen LogP contribution in [-0.4, -0.2) is 19.5 Å². The second-order valence-corrected chi connectivity index (χ2v) is 14.1. The molecule has 4 heterocycles. The number of benzene rings is 7. The summed E-state index contributed by atoms with van der Waals surface area (Å²) in [5, 5.41) is 17.4. The topological polar surface area (TPSA) is 80.5 Å². The maximum Gasteiger partial charge on any atom is 0.166 e. The third kappa shape index (κ3) is 4.40. The van der Waals surface area contributed by atoms with Crippen LogP contribution >= 0.6 is 11.3 Å². The number of hydrogen-bond acceptors (Lipinski definition) is 6. The molecule has 4 aromatic heterocycles. The first kappa shape index (κ1) is 29.6. The fourth-order valence-corrected chi connectivity index (χ4v) is 9.01. The molecule has 246 valence electrons. The van der Waals surface area contributed by atoms with Crippen molar-refractivity contribution in [3.05, 3.63) is 157 Å². The SMILES string of the molecule is N#Cc1cc(-n2c3ccccc3c3ccc4c5ccccc5sc4c32)c2oc3ccccc3c2c1-c1nc(-c2ccccc2)nc(-c2ccccc2)n1. The van der Waals surface area contributed by atoms with Gasteiger partial charge in [0.2, 0.25) is 0 Å². The van der Waals surface area contributed by atoms with Crippen molar-refractivity contribution < 1.29 is 4.42 Å². The summed E-state index contributed by atoms with van der Waals surface area (Å²) in [6.45, 7) is 0. The number of nitrogens with zero attached hydrogens (tertiary/aromatic N) is 5. The Morgan fingerprint density at radius 1 is 0.566 bits per heavy atom. The van der Waals surface area contributed by atoms with Crippen molar-refractivity contribution in [2.75, 3.05) is 0 Å². The largest absolute Gasteiger partial charge is 0.454 e. The van der Waals surface area contributed by atoms with E-state index in [2.05, 4.69) is 71.3 Å². The second-order valence-electron chi connectivity index (χ2n) is 13.1. The Bertz CT molecular complexity index is 3240. The molecule has 11 rings (SSSR count). The summed E-state index contributed by atoms with van der Waals surface area (Å²) in [5.41, 5.74) is 7.04. The number of rotatable bonds is 4. The number of nitriles is 1.